The highest BCUT2D eigenvalue weighted by molar-refractivity contribution is 5.77. The van der Waals surface area contributed by atoms with Gasteiger partial charge in [0.05, 0.1) is 5.69 Å². The van der Waals surface area contributed by atoms with Crippen LogP contribution in [0.15, 0.2) is 0 Å². The average molecular weight is 264 g/mol. The first kappa shape index (κ1) is 13.9. The lowest BCUT2D eigenvalue weighted by molar-refractivity contribution is 0.294. The van der Waals surface area contributed by atoms with Gasteiger partial charge in [-0.2, -0.15) is 5.10 Å². The van der Waals surface area contributed by atoms with E-state index >= 15 is 0 Å². The van der Waals surface area contributed by atoms with Gasteiger partial charge in [-0.05, 0) is 33.0 Å². The lowest BCUT2D eigenvalue weighted by Crippen LogP contribution is -2.25. The van der Waals surface area contributed by atoms with Gasteiger partial charge in [0, 0.05) is 13.6 Å². The van der Waals surface area contributed by atoms with E-state index in [1.165, 1.54) is 0 Å². The molecule has 0 bridgehead atoms. The van der Waals surface area contributed by atoms with Crippen molar-refractivity contribution >= 4 is 17.1 Å². The highest BCUT2D eigenvalue weighted by atomic mass is 15.3. The number of rotatable bonds is 6. The molecule has 2 aromatic heterocycles. The summed E-state index contributed by atoms with van der Waals surface area (Å²) >= 11 is 0. The zero-order valence-corrected chi connectivity index (χ0v) is 12.3. The van der Waals surface area contributed by atoms with Crippen molar-refractivity contribution in [2.45, 2.75) is 33.7 Å². The van der Waals surface area contributed by atoms with Crippen molar-refractivity contribution in [3.8, 4) is 0 Å². The fraction of sp³-hybridized carbons (Fsp3) is 0.692. The molecule has 0 aliphatic carbocycles. The van der Waals surface area contributed by atoms with Crippen LogP contribution in [0.1, 0.15) is 26.0 Å². The number of aromatic nitrogens is 4. The fourth-order valence-electron chi connectivity index (χ4n) is 2.56. The molecule has 0 saturated carbocycles. The summed E-state index contributed by atoms with van der Waals surface area (Å²) in [5, 5.41) is 4.39. The minimum absolute atomic E-state index is 0.589. The number of imidazole rings is 1. The van der Waals surface area contributed by atoms with Crippen LogP contribution in [0.3, 0.4) is 0 Å². The standard InChI is InChI=1S/C13H24N6/c1-5-18(6-2)8-7-9-19-12-11(15-13(19)14)10(3)16-17(12)4/h5-9H2,1-4H3,(H2,14,15). The maximum Gasteiger partial charge on any atom is 0.202 e. The predicted octanol–water partition coefficient (Wildman–Crippen LogP) is 1.39. The molecule has 0 aromatic carbocycles. The topological polar surface area (TPSA) is 64.9 Å². The lowest BCUT2D eigenvalue weighted by Gasteiger charge is -2.18. The van der Waals surface area contributed by atoms with Gasteiger partial charge in [0.25, 0.3) is 0 Å². The normalized spacial score (nSPS) is 11.8. The fourth-order valence-corrected chi connectivity index (χ4v) is 2.56. The number of nitrogens with zero attached hydrogens (tertiary/aromatic N) is 5. The second-order valence-corrected chi connectivity index (χ2v) is 4.88. The monoisotopic (exact) mass is 264 g/mol. The Bertz CT molecular complexity index is 549. The van der Waals surface area contributed by atoms with Crippen LogP contribution >= 0.6 is 0 Å². The molecule has 2 N–H and O–H groups in total. The molecule has 106 valence electrons. The van der Waals surface area contributed by atoms with Crippen molar-refractivity contribution in [3.63, 3.8) is 0 Å². The second kappa shape index (κ2) is 5.61. The lowest BCUT2D eigenvalue weighted by atomic mass is 10.3. The summed E-state index contributed by atoms with van der Waals surface area (Å²) in [5.74, 6) is 0.589. The number of nitrogen functional groups attached to an aromatic ring is 1. The number of fused-ring (bicyclic) bond motifs is 1. The third kappa shape index (κ3) is 2.58. The highest BCUT2D eigenvalue weighted by Gasteiger charge is 2.15. The van der Waals surface area contributed by atoms with E-state index in [4.69, 9.17) is 5.73 Å². The molecule has 0 amide bonds. The van der Waals surface area contributed by atoms with Crippen LogP contribution < -0.4 is 5.73 Å². The molecule has 0 saturated heterocycles. The molecule has 0 fully saturated rings. The highest BCUT2D eigenvalue weighted by Crippen LogP contribution is 2.20. The van der Waals surface area contributed by atoms with Crippen molar-refractivity contribution in [2.75, 3.05) is 25.4 Å². The Morgan fingerprint density at radius 1 is 1.26 bits per heavy atom. The molecule has 0 unspecified atom stereocenters. The van der Waals surface area contributed by atoms with E-state index in [0.29, 0.717) is 5.95 Å². The summed E-state index contributed by atoms with van der Waals surface area (Å²) in [5.41, 5.74) is 8.89. The van der Waals surface area contributed by atoms with Gasteiger partial charge < -0.3 is 10.6 Å². The van der Waals surface area contributed by atoms with Gasteiger partial charge in [-0.25, -0.2) is 4.98 Å². The number of anilines is 1. The summed E-state index contributed by atoms with van der Waals surface area (Å²) in [4.78, 5) is 6.83. The Labute approximate surface area is 114 Å². The molecule has 2 rings (SSSR count). The molecular weight excluding hydrogens is 240 g/mol. The van der Waals surface area contributed by atoms with Crippen molar-refractivity contribution in [3.05, 3.63) is 5.69 Å². The van der Waals surface area contributed by atoms with Crippen molar-refractivity contribution in [1.29, 1.82) is 0 Å². The largest absolute Gasteiger partial charge is 0.369 e. The molecule has 19 heavy (non-hydrogen) atoms. The first-order chi connectivity index (χ1) is 9.08. The molecule has 0 spiro atoms. The molecule has 2 heterocycles. The van der Waals surface area contributed by atoms with Gasteiger partial charge in [-0.15, -0.1) is 0 Å². The molecule has 0 aliphatic heterocycles. The van der Waals surface area contributed by atoms with E-state index in [2.05, 4.69) is 33.4 Å². The Hall–Kier alpha value is -1.56. The number of nitrogens with two attached hydrogens (primary N) is 1. The minimum atomic E-state index is 0.589. The Morgan fingerprint density at radius 2 is 1.95 bits per heavy atom. The quantitative estimate of drug-likeness (QED) is 0.856. The van der Waals surface area contributed by atoms with Gasteiger partial charge in [-0.1, -0.05) is 13.8 Å². The number of hydrogen-bond donors (Lipinski definition) is 1. The van der Waals surface area contributed by atoms with Crippen LogP contribution in [0.2, 0.25) is 0 Å². The zero-order valence-electron chi connectivity index (χ0n) is 12.3. The Kier molecular flexibility index (Phi) is 4.09. The number of aryl methyl sites for hydroxylation is 3. The van der Waals surface area contributed by atoms with Gasteiger partial charge >= 0.3 is 0 Å². The maximum atomic E-state index is 6.01. The molecule has 0 atom stereocenters. The summed E-state index contributed by atoms with van der Waals surface area (Å²) in [6.45, 7) is 10.5. The van der Waals surface area contributed by atoms with Crippen molar-refractivity contribution in [2.24, 2.45) is 7.05 Å². The maximum absolute atomic E-state index is 6.01. The molecule has 0 aliphatic rings. The predicted molar refractivity (Wildman–Crippen MR) is 78.1 cm³/mol. The first-order valence-corrected chi connectivity index (χ1v) is 6.96. The zero-order chi connectivity index (χ0) is 14.0. The van der Waals surface area contributed by atoms with E-state index in [1.54, 1.807) is 0 Å². The molecule has 0 radical (unpaired) electrons. The van der Waals surface area contributed by atoms with Crippen molar-refractivity contribution in [1.82, 2.24) is 24.2 Å². The van der Waals surface area contributed by atoms with E-state index in [9.17, 15) is 0 Å². The van der Waals surface area contributed by atoms with Crippen LogP contribution in [-0.2, 0) is 13.6 Å². The van der Waals surface area contributed by atoms with E-state index in [-0.39, 0.29) is 0 Å². The summed E-state index contributed by atoms with van der Waals surface area (Å²) in [6, 6.07) is 0. The third-order valence-corrected chi connectivity index (χ3v) is 3.67. The summed E-state index contributed by atoms with van der Waals surface area (Å²) < 4.78 is 3.93. The Balaban J connectivity index is 2.14. The summed E-state index contributed by atoms with van der Waals surface area (Å²) in [7, 11) is 1.94. The summed E-state index contributed by atoms with van der Waals surface area (Å²) in [6.07, 6.45) is 1.07. The molecule has 2 aromatic rings. The van der Waals surface area contributed by atoms with Gasteiger partial charge in [0.15, 0.2) is 5.65 Å². The molecule has 6 nitrogen and oxygen atoms in total. The van der Waals surface area contributed by atoms with Crippen LogP contribution in [-0.4, -0.2) is 43.9 Å². The number of hydrogen-bond acceptors (Lipinski definition) is 4. The van der Waals surface area contributed by atoms with E-state index in [1.807, 2.05) is 18.7 Å². The van der Waals surface area contributed by atoms with Crippen LogP contribution in [0.5, 0.6) is 0 Å². The van der Waals surface area contributed by atoms with E-state index < -0.39 is 0 Å². The van der Waals surface area contributed by atoms with Crippen molar-refractivity contribution < 1.29 is 0 Å². The average Bonchev–Trinajstić information content (AvgIpc) is 2.84. The smallest absolute Gasteiger partial charge is 0.202 e. The SMILES string of the molecule is CCN(CC)CCCn1c(N)nc2c(C)nn(C)c21. The molecular formula is C13H24N6. The second-order valence-electron chi connectivity index (χ2n) is 4.88. The molecule has 6 heteroatoms. The van der Waals surface area contributed by atoms with Gasteiger partial charge in [0.2, 0.25) is 5.95 Å². The van der Waals surface area contributed by atoms with Gasteiger partial charge in [0.1, 0.15) is 5.52 Å². The van der Waals surface area contributed by atoms with Gasteiger partial charge in [-0.3, -0.25) is 9.25 Å². The van der Waals surface area contributed by atoms with Crippen LogP contribution in [0.25, 0.3) is 11.2 Å². The minimum Gasteiger partial charge on any atom is -0.369 e. The van der Waals surface area contributed by atoms with Crippen LogP contribution in [0, 0.1) is 6.92 Å². The van der Waals surface area contributed by atoms with Crippen LogP contribution in [0.4, 0.5) is 5.95 Å². The van der Waals surface area contributed by atoms with E-state index in [0.717, 1.165) is 49.5 Å². The third-order valence-electron chi connectivity index (χ3n) is 3.67. The Morgan fingerprint density at radius 3 is 2.58 bits per heavy atom. The first-order valence-electron chi connectivity index (χ1n) is 6.96.